The minimum absolute atomic E-state index is 0.0628. The molecular formula is C24H31N3O4S. The lowest BCUT2D eigenvalue weighted by atomic mass is 10.0. The Balaban J connectivity index is 1.66. The Labute approximate surface area is 190 Å². The van der Waals surface area contributed by atoms with Crippen LogP contribution in [0, 0.1) is 27.7 Å². The summed E-state index contributed by atoms with van der Waals surface area (Å²) < 4.78 is 28.8. The molecule has 1 atom stereocenters. The molecule has 1 fully saturated rings. The summed E-state index contributed by atoms with van der Waals surface area (Å²) in [6, 6.07) is 10.1. The second-order valence-electron chi connectivity index (χ2n) is 8.42. The summed E-state index contributed by atoms with van der Waals surface area (Å²) in [5.41, 5.74) is 3.78. The first-order valence-electron chi connectivity index (χ1n) is 10.8. The van der Waals surface area contributed by atoms with Crippen molar-refractivity contribution >= 4 is 21.8 Å². The molecule has 0 spiro atoms. The summed E-state index contributed by atoms with van der Waals surface area (Å²) in [5.74, 6) is -0.354. The quantitative estimate of drug-likeness (QED) is 0.748. The van der Waals surface area contributed by atoms with Crippen LogP contribution in [0.15, 0.2) is 41.3 Å². The zero-order valence-electron chi connectivity index (χ0n) is 19.3. The van der Waals surface area contributed by atoms with E-state index in [1.807, 2.05) is 38.1 Å². The molecule has 1 heterocycles. The lowest BCUT2D eigenvalue weighted by Gasteiger charge is -2.36. The minimum Gasteiger partial charge on any atom is -0.338 e. The summed E-state index contributed by atoms with van der Waals surface area (Å²) >= 11 is 0. The fraction of sp³-hybridized carbons (Fsp3) is 0.417. The standard InChI is InChI=1S/C24H31N3O4S/c1-16-15-17(2)19(4)22(18(16)3)32(30,31)25-20(5)23(28)26-11-13-27(14-12-26)24(29)21-9-7-6-8-10-21/h6-10,15,20,25H,11-14H2,1-5H3/t20-/m1/s1. The first-order valence-corrected chi connectivity index (χ1v) is 12.2. The van der Waals surface area contributed by atoms with Gasteiger partial charge in [0.15, 0.2) is 0 Å². The predicted molar refractivity (Wildman–Crippen MR) is 124 cm³/mol. The Hall–Kier alpha value is -2.71. The van der Waals surface area contributed by atoms with E-state index in [4.69, 9.17) is 0 Å². The van der Waals surface area contributed by atoms with E-state index >= 15 is 0 Å². The largest absolute Gasteiger partial charge is 0.338 e. The molecule has 1 aliphatic rings. The first-order chi connectivity index (χ1) is 15.0. The molecule has 0 saturated carbocycles. The highest BCUT2D eigenvalue weighted by Crippen LogP contribution is 2.26. The maximum atomic E-state index is 13.1. The van der Waals surface area contributed by atoms with Gasteiger partial charge in [-0.25, -0.2) is 8.42 Å². The third-order valence-electron chi connectivity index (χ3n) is 6.17. The van der Waals surface area contributed by atoms with E-state index in [1.54, 1.807) is 42.7 Å². The van der Waals surface area contributed by atoms with Gasteiger partial charge in [0, 0.05) is 31.7 Å². The van der Waals surface area contributed by atoms with Gasteiger partial charge in [-0.1, -0.05) is 24.3 Å². The van der Waals surface area contributed by atoms with E-state index in [0.717, 1.165) is 11.1 Å². The van der Waals surface area contributed by atoms with Crippen LogP contribution in [-0.4, -0.2) is 62.3 Å². The average molecular weight is 458 g/mol. The Morgan fingerprint density at radius 2 is 1.38 bits per heavy atom. The van der Waals surface area contributed by atoms with E-state index < -0.39 is 16.1 Å². The molecule has 1 aliphatic heterocycles. The zero-order chi connectivity index (χ0) is 23.6. The molecule has 0 radical (unpaired) electrons. The molecule has 32 heavy (non-hydrogen) atoms. The maximum Gasteiger partial charge on any atom is 0.253 e. The second kappa shape index (κ2) is 9.42. The van der Waals surface area contributed by atoms with Crippen LogP contribution in [0.5, 0.6) is 0 Å². The van der Waals surface area contributed by atoms with E-state index in [-0.39, 0.29) is 16.7 Å². The number of aryl methyl sites for hydroxylation is 2. The van der Waals surface area contributed by atoms with Crippen LogP contribution in [0.3, 0.4) is 0 Å². The predicted octanol–water partition coefficient (Wildman–Crippen LogP) is 2.57. The van der Waals surface area contributed by atoms with Crippen molar-refractivity contribution in [1.29, 1.82) is 0 Å². The summed E-state index contributed by atoms with van der Waals surface area (Å²) in [5, 5.41) is 0. The van der Waals surface area contributed by atoms with Crippen LogP contribution < -0.4 is 4.72 Å². The molecule has 2 aromatic rings. The van der Waals surface area contributed by atoms with Gasteiger partial charge in [-0.05, 0) is 69.0 Å². The maximum absolute atomic E-state index is 13.1. The number of carbonyl (C=O) groups is 2. The molecule has 172 valence electrons. The Bertz CT molecular complexity index is 1100. The fourth-order valence-corrected chi connectivity index (χ4v) is 5.91. The highest BCUT2D eigenvalue weighted by atomic mass is 32.2. The molecule has 7 nitrogen and oxygen atoms in total. The molecule has 2 amide bonds. The minimum atomic E-state index is -3.87. The van der Waals surface area contributed by atoms with Crippen LogP contribution in [0.4, 0.5) is 0 Å². The van der Waals surface area contributed by atoms with Gasteiger partial charge in [-0.3, -0.25) is 9.59 Å². The molecule has 2 aromatic carbocycles. The lowest BCUT2D eigenvalue weighted by Crippen LogP contribution is -2.55. The third kappa shape index (κ3) is 4.86. The van der Waals surface area contributed by atoms with E-state index in [1.165, 1.54) is 0 Å². The molecule has 1 saturated heterocycles. The van der Waals surface area contributed by atoms with Crippen molar-refractivity contribution in [2.45, 2.75) is 45.6 Å². The second-order valence-corrected chi connectivity index (χ2v) is 10.1. The number of hydrogen-bond donors (Lipinski definition) is 1. The molecule has 0 aliphatic carbocycles. The number of nitrogens with one attached hydrogen (secondary N) is 1. The van der Waals surface area contributed by atoms with Gasteiger partial charge in [0.25, 0.3) is 5.91 Å². The Kier molecular flexibility index (Phi) is 7.05. The third-order valence-corrected chi connectivity index (χ3v) is 7.98. The number of benzene rings is 2. The van der Waals surface area contributed by atoms with Gasteiger partial charge in [-0.2, -0.15) is 4.72 Å². The molecule has 0 aromatic heterocycles. The number of nitrogens with zero attached hydrogens (tertiary/aromatic N) is 2. The molecule has 0 bridgehead atoms. The van der Waals surface area contributed by atoms with Crippen molar-refractivity contribution in [1.82, 2.24) is 14.5 Å². The first kappa shape index (κ1) is 23.9. The summed E-state index contributed by atoms with van der Waals surface area (Å²) in [6.45, 7) is 10.4. The number of hydrogen-bond acceptors (Lipinski definition) is 4. The van der Waals surface area contributed by atoms with Crippen molar-refractivity contribution in [3.8, 4) is 0 Å². The van der Waals surface area contributed by atoms with Gasteiger partial charge in [0.1, 0.15) is 0 Å². The number of carbonyl (C=O) groups excluding carboxylic acids is 2. The van der Waals surface area contributed by atoms with Crippen LogP contribution in [0.1, 0.15) is 39.5 Å². The van der Waals surface area contributed by atoms with Gasteiger partial charge < -0.3 is 9.80 Å². The topological polar surface area (TPSA) is 86.8 Å². The molecular weight excluding hydrogens is 426 g/mol. The molecule has 3 rings (SSSR count). The number of amides is 2. The van der Waals surface area contributed by atoms with Crippen LogP contribution in [0.25, 0.3) is 0 Å². The van der Waals surface area contributed by atoms with Gasteiger partial charge in [0.05, 0.1) is 10.9 Å². The molecule has 8 heteroatoms. The van der Waals surface area contributed by atoms with Crippen LogP contribution >= 0.6 is 0 Å². The van der Waals surface area contributed by atoms with Crippen molar-refractivity contribution in [3.05, 3.63) is 64.2 Å². The number of rotatable bonds is 5. The van der Waals surface area contributed by atoms with Gasteiger partial charge in [-0.15, -0.1) is 0 Å². The lowest BCUT2D eigenvalue weighted by molar-refractivity contribution is -0.134. The zero-order valence-corrected chi connectivity index (χ0v) is 20.1. The van der Waals surface area contributed by atoms with Crippen molar-refractivity contribution in [2.24, 2.45) is 0 Å². The van der Waals surface area contributed by atoms with Gasteiger partial charge in [0.2, 0.25) is 15.9 Å². The highest BCUT2D eigenvalue weighted by Gasteiger charge is 2.31. The number of sulfonamides is 1. The molecule has 1 N–H and O–H groups in total. The average Bonchev–Trinajstić information content (AvgIpc) is 2.77. The number of piperazine rings is 1. The highest BCUT2D eigenvalue weighted by molar-refractivity contribution is 7.89. The van der Waals surface area contributed by atoms with Crippen molar-refractivity contribution in [2.75, 3.05) is 26.2 Å². The van der Waals surface area contributed by atoms with E-state index in [9.17, 15) is 18.0 Å². The Morgan fingerprint density at radius 3 is 1.91 bits per heavy atom. The van der Waals surface area contributed by atoms with E-state index in [2.05, 4.69) is 4.72 Å². The van der Waals surface area contributed by atoms with Gasteiger partial charge >= 0.3 is 0 Å². The SMILES string of the molecule is Cc1cc(C)c(C)c(S(=O)(=O)N[C@H](C)C(=O)N2CCN(C(=O)c3ccccc3)CC2)c1C. The fourth-order valence-electron chi connectivity index (χ4n) is 4.09. The van der Waals surface area contributed by atoms with Crippen molar-refractivity contribution in [3.63, 3.8) is 0 Å². The Morgan fingerprint density at radius 1 is 0.875 bits per heavy atom. The normalized spacial score (nSPS) is 15.5. The van der Waals surface area contributed by atoms with Crippen LogP contribution in [0.2, 0.25) is 0 Å². The summed E-state index contributed by atoms with van der Waals surface area (Å²) in [7, 11) is -3.87. The summed E-state index contributed by atoms with van der Waals surface area (Å²) in [4.78, 5) is 29.1. The monoisotopic (exact) mass is 457 g/mol. The summed E-state index contributed by atoms with van der Waals surface area (Å²) in [6.07, 6.45) is 0. The molecule has 0 unspecified atom stereocenters. The van der Waals surface area contributed by atoms with Crippen LogP contribution in [-0.2, 0) is 14.8 Å². The van der Waals surface area contributed by atoms with Crippen molar-refractivity contribution < 1.29 is 18.0 Å². The smallest absolute Gasteiger partial charge is 0.253 e. The van der Waals surface area contributed by atoms with E-state index in [0.29, 0.717) is 42.9 Å².